The number of aryl methyl sites for hydroxylation is 1. The molecule has 0 spiro atoms. The number of nitrogens with two attached hydrogens (primary N) is 1. The van der Waals surface area contributed by atoms with Crippen LogP contribution in [0.1, 0.15) is 16.8 Å². The van der Waals surface area contributed by atoms with Crippen molar-refractivity contribution in [2.45, 2.75) is 6.42 Å². The average Bonchev–Trinajstić information content (AvgIpc) is 2.80. The minimum Gasteiger partial charge on any atom is -0.494 e. The maximum atomic E-state index is 12.7. The van der Waals surface area contributed by atoms with Gasteiger partial charge in [0.25, 0.3) is 5.91 Å². The van der Waals surface area contributed by atoms with Gasteiger partial charge in [-0.1, -0.05) is 0 Å². The second-order valence-electron chi connectivity index (χ2n) is 4.48. The first-order valence-electron chi connectivity index (χ1n) is 6.52. The number of nitrogens with zero attached hydrogens (tertiary/aromatic N) is 2. The molecule has 0 bridgehead atoms. The van der Waals surface area contributed by atoms with Crippen LogP contribution >= 0.6 is 0 Å². The third kappa shape index (κ3) is 3.95. The Morgan fingerprint density at radius 1 is 1.43 bits per heavy atom. The number of nitrogens with one attached hydrogen (secondary N) is 1. The van der Waals surface area contributed by atoms with E-state index in [1.807, 2.05) is 0 Å². The molecule has 6 nitrogen and oxygen atoms in total. The van der Waals surface area contributed by atoms with E-state index in [0.29, 0.717) is 36.7 Å². The Morgan fingerprint density at radius 2 is 2.14 bits per heavy atom. The monoisotopic (exact) mass is 292 g/mol. The van der Waals surface area contributed by atoms with Crippen LogP contribution in [0.3, 0.4) is 0 Å². The van der Waals surface area contributed by atoms with Gasteiger partial charge in [0.05, 0.1) is 12.8 Å². The van der Waals surface area contributed by atoms with Crippen LogP contribution in [0, 0.1) is 5.82 Å². The number of hydrogen-bond acceptors (Lipinski definition) is 4. The minimum absolute atomic E-state index is 0.262. The standard InChI is InChI=1S/C14H17FN4O2/c1-19-13(16)12(9-18-19)14(20)17-7-2-8-21-11-5-3-10(15)4-6-11/h3-6,9H,2,7-8,16H2,1H3,(H,17,20). The molecule has 0 fully saturated rings. The second kappa shape index (κ2) is 6.74. The zero-order valence-electron chi connectivity index (χ0n) is 11.7. The number of benzene rings is 1. The van der Waals surface area contributed by atoms with Crippen molar-refractivity contribution in [2.24, 2.45) is 7.05 Å². The van der Waals surface area contributed by atoms with Crippen molar-refractivity contribution in [3.8, 4) is 5.75 Å². The number of rotatable bonds is 6. The lowest BCUT2D eigenvalue weighted by Gasteiger charge is -2.07. The van der Waals surface area contributed by atoms with Gasteiger partial charge in [-0.3, -0.25) is 9.48 Å². The molecule has 2 rings (SSSR count). The maximum absolute atomic E-state index is 12.7. The van der Waals surface area contributed by atoms with Crippen molar-refractivity contribution in [1.82, 2.24) is 15.1 Å². The Labute approximate surface area is 121 Å². The first-order chi connectivity index (χ1) is 10.1. The summed E-state index contributed by atoms with van der Waals surface area (Å²) in [5, 5.41) is 6.64. The molecule has 0 atom stereocenters. The molecule has 1 aromatic carbocycles. The van der Waals surface area contributed by atoms with E-state index in [9.17, 15) is 9.18 Å². The number of carbonyl (C=O) groups is 1. The van der Waals surface area contributed by atoms with Crippen molar-refractivity contribution in [3.05, 3.63) is 41.8 Å². The summed E-state index contributed by atoms with van der Waals surface area (Å²) < 4.78 is 19.5. The summed E-state index contributed by atoms with van der Waals surface area (Å²) in [5.74, 6) is 0.361. The fourth-order valence-corrected chi connectivity index (χ4v) is 1.71. The Bertz CT molecular complexity index is 610. The minimum atomic E-state index is -0.302. The second-order valence-corrected chi connectivity index (χ2v) is 4.48. The molecule has 3 N–H and O–H groups in total. The summed E-state index contributed by atoms with van der Waals surface area (Å²) in [6, 6.07) is 5.79. The molecule has 0 unspecified atom stereocenters. The Hall–Kier alpha value is -2.57. The summed E-state index contributed by atoms with van der Waals surface area (Å²) in [6.45, 7) is 0.878. The van der Waals surface area contributed by atoms with Crippen LogP contribution in [0.2, 0.25) is 0 Å². The van der Waals surface area contributed by atoms with Gasteiger partial charge in [-0.15, -0.1) is 0 Å². The molecular weight excluding hydrogens is 275 g/mol. The van der Waals surface area contributed by atoms with Gasteiger partial charge in [0.2, 0.25) is 0 Å². The summed E-state index contributed by atoms with van der Waals surface area (Å²) >= 11 is 0. The van der Waals surface area contributed by atoms with Crippen LogP contribution in [0.15, 0.2) is 30.5 Å². The van der Waals surface area contributed by atoms with Crippen LogP contribution in [0.25, 0.3) is 0 Å². The Kier molecular flexibility index (Phi) is 4.76. The van der Waals surface area contributed by atoms with Gasteiger partial charge in [-0.2, -0.15) is 5.10 Å². The smallest absolute Gasteiger partial charge is 0.256 e. The van der Waals surface area contributed by atoms with E-state index in [1.165, 1.54) is 23.0 Å². The number of carbonyl (C=O) groups excluding carboxylic acids is 1. The predicted molar refractivity (Wildman–Crippen MR) is 76.5 cm³/mol. The van der Waals surface area contributed by atoms with Gasteiger partial charge in [0.1, 0.15) is 22.9 Å². The molecule has 1 heterocycles. The van der Waals surface area contributed by atoms with E-state index in [-0.39, 0.29) is 11.7 Å². The number of amides is 1. The number of aromatic nitrogens is 2. The molecule has 0 aliphatic rings. The zero-order valence-corrected chi connectivity index (χ0v) is 11.7. The highest BCUT2D eigenvalue weighted by atomic mass is 19.1. The fraction of sp³-hybridized carbons (Fsp3) is 0.286. The van der Waals surface area contributed by atoms with Crippen LogP contribution in [0.4, 0.5) is 10.2 Å². The summed E-state index contributed by atoms with van der Waals surface area (Å²) in [5.41, 5.74) is 6.06. The normalized spacial score (nSPS) is 10.4. The van der Waals surface area contributed by atoms with Gasteiger partial charge < -0.3 is 15.8 Å². The molecule has 7 heteroatoms. The quantitative estimate of drug-likeness (QED) is 0.787. The maximum Gasteiger partial charge on any atom is 0.256 e. The fourth-order valence-electron chi connectivity index (χ4n) is 1.71. The summed E-state index contributed by atoms with van der Waals surface area (Å²) in [7, 11) is 1.67. The van der Waals surface area contributed by atoms with Crippen molar-refractivity contribution < 1.29 is 13.9 Å². The highest BCUT2D eigenvalue weighted by molar-refractivity contribution is 5.98. The number of halogens is 1. The van der Waals surface area contributed by atoms with Crippen molar-refractivity contribution in [2.75, 3.05) is 18.9 Å². The van der Waals surface area contributed by atoms with E-state index in [0.717, 1.165) is 0 Å². The number of anilines is 1. The third-order valence-corrected chi connectivity index (χ3v) is 2.92. The van der Waals surface area contributed by atoms with E-state index >= 15 is 0 Å². The van der Waals surface area contributed by atoms with Crippen LogP contribution < -0.4 is 15.8 Å². The molecule has 0 aliphatic carbocycles. The lowest BCUT2D eigenvalue weighted by Crippen LogP contribution is -2.26. The van der Waals surface area contributed by atoms with E-state index in [4.69, 9.17) is 10.5 Å². The molecule has 112 valence electrons. The van der Waals surface area contributed by atoms with Crippen LogP contribution in [-0.4, -0.2) is 28.8 Å². The summed E-state index contributed by atoms with van der Waals surface area (Å²) in [4.78, 5) is 11.8. The van der Waals surface area contributed by atoms with Gasteiger partial charge in [0, 0.05) is 13.6 Å². The molecule has 0 saturated heterocycles. The van der Waals surface area contributed by atoms with Crippen LogP contribution in [0.5, 0.6) is 5.75 Å². The van der Waals surface area contributed by atoms with Gasteiger partial charge in [-0.05, 0) is 30.7 Å². The molecule has 0 aliphatic heterocycles. The van der Waals surface area contributed by atoms with Crippen molar-refractivity contribution in [3.63, 3.8) is 0 Å². The highest BCUT2D eigenvalue weighted by Crippen LogP contribution is 2.11. The van der Waals surface area contributed by atoms with E-state index in [1.54, 1.807) is 19.2 Å². The Morgan fingerprint density at radius 3 is 2.76 bits per heavy atom. The van der Waals surface area contributed by atoms with E-state index < -0.39 is 0 Å². The van der Waals surface area contributed by atoms with Crippen LogP contribution in [-0.2, 0) is 7.05 Å². The highest BCUT2D eigenvalue weighted by Gasteiger charge is 2.12. The average molecular weight is 292 g/mol. The van der Waals surface area contributed by atoms with Gasteiger partial charge >= 0.3 is 0 Å². The number of hydrogen-bond donors (Lipinski definition) is 2. The molecule has 0 saturated carbocycles. The molecule has 21 heavy (non-hydrogen) atoms. The zero-order chi connectivity index (χ0) is 15.2. The van der Waals surface area contributed by atoms with Gasteiger partial charge in [0.15, 0.2) is 0 Å². The lowest BCUT2D eigenvalue weighted by atomic mass is 10.3. The Balaban J connectivity index is 1.69. The van der Waals surface area contributed by atoms with Crippen molar-refractivity contribution >= 4 is 11.7 Å². The largest absolute Gasteiger partial charge is 0.494 e. The summed E-state index contributed by atoms with van der Waals surface area (Å²) in [6.07, 6.45) is 2.06. The topological polar surface area (TPSA) is 82.2 Å². The molecule has 0 radical (unpaired) electrons. The molecule has 1 aromatic heterocycles. The molecular formula is C14H17FN4O2. The third-order valence-electron chi connectivity index (χ3n) is 2.92. The van der Waals surface area contributed by atoms with Crippen molar-refractivity contribution in [1.29, 1.82) is 0 Å². The first kappa shape index (κ1) is 14.8. The first-order valence-corrected chi connectivity index (χ1v) is 6.52. The lowest BCUT2D eigenvalue weighted by molar-refractivity contribution is 0.0952. The predicted octanol–water partition coefficient (Wildman–Crippen LogP) is 1.34. The molecule has 2 aromatic rings. The SMILES string of the molecule is Cn1ncc(C(=O)NCCCOc2ccc(F)cc2)c1N. The number of nitrogen functional groups attached to an aromatic ring is 1. The van der Waals surface area contributed by atoms with E-state index in [2.05, 4.69) is 10.4 Å². The molecule has 1 amide bonds. The number of ether oxygens (including phenoxy) is 1. The van der Waals surface area contributed by atoms with Gasteiger partial charge in [-0.25, -0.2) is 4.39 Å².